The number of halogens is 1. The summed E-state index contributed by atoms with van der Waals surface area (Å²) in [5.41, 5.74) is 0.632. The molecule has 1 aliphatic carbocycles. The van der Waals surface area contributed by atoms with Crippen LogP contribution in [0.3, 0.4) is 0 Å². The summed E-state index contributed by atoms with van der Waals surface area (Å²) in [6.45, 7) is 13.8. The Morgan fingerprint density at radius 3 is 2.36 bits per heavy atom. The lowest BCUT2D eigenvalue weighted by Crippen LogP contribution is -2.61. The maximum atomic E-state index is 14.3. The normalized spacial score (nSPS) is 25.0. The molecule has 0 bridgehead atoms. The maximum absolute atomic E-state index is 14.3. The van der Waals surface area contributed by atoms with Gasteiger partial charge in [0.1, 0.15) is 17.9 Å². The zero-order chi connectivity index (χ0) is 31.9. The van der Waals surface area contributed by atoms with Gasteiger partial charge in [0.05, 0.1) is 5.56 Å². The third-order valence-corrected chi connectivity index (χ3v) is 10.8. The molecule has 4 fully saturated rings. The molecule has 1 saturated carbocycles. The summed E-state index contributed by atoms with van der Waals surface area (Å²) < 4.78 is 20.5. The van der Waals surface area contributed by atoms with Crippen LogP contribution < -0.4 is 9.64 Å². The summed E-state index contributed by atoms with van der Waals surface area (Å²) in [7, 11) is 1.95. The molecule has 10 nitrogen and oxygen atoms in total. The van der Waals surface area contributed by atoms with Crippen molar-refractivity contribution in [3.8, 4) is 11.6 Å². The highest BCUT2D eigenvalue weighted by atomic mass is 19.1. The fraction of sp³-hybridized carbons (Fsp3) is 0.676. The van der Waals surface area contributed by atoms with Crippen LogP contribution in [0, 0.1) is 22.6 Å². The van der Waals surface area contributed by atoms with Crippen molar-refractivity contribution in [3.05, 3.63) is 35.9 Å². The molecule has 0 N–H and O–H groups in total. The lowest BCUT2D eigenvalue weighted by molar-refractivity contribution is -0.126. The van der Waals surface area contributed by atoms with Gasteiger partial charge in [-0.2, -0.15) is 0 Å². The Bertz CT molecular complexity index is 1390. The lowest BCUT2D eigenvalue weighted by atomic mass is 9.69. The SMILES string of the molecule is CC(C)N(C(=O)c1cc(F)ccc1Oc1nncnc1N1CC2(CCN(CC3CCC4(CC3)CC(=O)N(C)C4)CC2)C1)C(C)C. The third-order valence-electron chi connectivity index (χ3n) is 10.8. The molecule has 45 heavy (non-hydrogen) atoms. The molecular formula is C34H48FN7O3. The Labute approximate surface area is 266 Å². The number of anilines is 1. The predicted octanol–water partition coefficient (Wildman–Crippen LogP) is 5.00. The standard InChI is InChI=1S/C34H48FN7O3/c1-23(2)42(24(3)4)32(44)27-16-26(35)6-7-28(27)45-31-30(36-22-37-38-31)41-20-34(21-41)12-14-40(15-13-34)18-25-8-10-33(11-9-25)17-29(43)39(5)19-33/h6-7,16,22-25H,8-15,17-21H2,1-5H3. The summed E-state index contributed by atoms with van der Waals surface area (Å²) in [5.74, 6) is 1.30. The number of hydrogen-bond acceptors (Lipinski definition) is 8. The second-order valence-electron chi connectivity index (χ2n) is 14.8. The minimum Gasteiger partial charge on any atom is -0.434 e. The molecule has 6 rings (SSSR count). The Kier molecular flexibility index (Phi) is 8.76. The van der Waals surface area contributed by atoms with E-state index in [1.807, 2.05) is 39.6 Å². The first kappa shape index (κ1) is 31.6. The van der Waals surface area contributed by atoms with E-state index in [-0.39, 0.29) is 46.0 Å². The largest absolute Gasteiger partial charge is 0.434 e. The van der Waals surface area contributed by atoms with Crippen molar-refractivity contribution in [1.82, 2.24) is 29.9 Å². The number of carbonyl (C=O) groups is 2. The van der Waals surface area contributed by atoms with Gasteiger partial charge >= 0.3 is 0 Å². The van der Waals surface area contributed by atoms with E-state index in [4.69, 9.17) is 4.74 Å². The van der Waals surface area contributed by atoms with Crippen molar-refractivity contribution in [2.45, 2.75) is 84.7 Å². The Hall–Kier alpha value is -3.34. The van der Waals surface area contributed by atoms with Crippen LogP contribution in [0.5, 0.6) is 11.6 Å². The number of aromatic nitrogens is 3. The van der Waals surface area contributed by atoms with E-state index in [1.165, 1.54) is 50.2 Å². The molecule has 1 aromatic heterocycles. The van der Waals surface area contributed by atoms with E-state index in [0.29, 0.717) is 11.7 Å². The van der Waals surface area contributed by atoms with Crippen molar-refractivity contribution in [3.63, 3.8) is 0 Å². The number of piperidine rings is 1. The summed E-state index contributed by atoms with van der Waals surface area (Å²) in [4.78, 5) is 38.6. The molecule has 244 valence electrons. The molecule has 3 aliphatic heterocycles. The van der Waals surface area contributed by atoms with Crippen LogP contribution in [0.1, 0.15) is 83.0 Å². The molecular weight excluding hydrogens is 573 g/mol. The Balaban J connectivity index is 1.05. The van der Waals surface area contributed by atoms with Gasteiger partial charge in [-0.05, 0) is 109 Å². The first-order chi connectivity index (χ1) is 21.5. The van der Waals surface area contributed by atoms with Crippen molar-refractivity contribution in [1.29, 1.82) is 0 Å². The van der Waals surface area contributed by atoms with Crippen LogP contribution in [0.4, 0.5) is 10.2 Å². The van der Waals surface area contributed by atoms with Crippen LogP contribution in [0.2, 0.25) is 0 Å². The average molecular weight is 622 g/mol. The smallest absolute Gasteiger partial charge is 0.282 e. The van der Waals surface area contributed by atoms with Crippen molar-refractivity contribution < 1.29 is 18.7 Å². The van der Waals surface area contributed by atoms with Gasteiger partial charge in [-0.25, -0.2) is 9.37 Å². The van der Waals surface area contributed by atoms with E-state index in [2.05, 4.69) is 25.0 Å². The number of nitrogens with zero attached hydrogens (tertiary/aromatic N) is 7. The zero-order valence-corrected chi connectivity index (χ0v) is 27.5. The van der Waals surface area contributed by atoms with Crippen LogP contribution in [0.25, 0.3) is 0 Å². The van der Waals surface area contributed by atoms with Gasteiger partial charge in [0.2, 0.25) is 5.91 Å². The summed E-state index contributed by atoms with van der Waals surface area (Å²) in [5, 5.41) is 8.19. The van der Waals surface area contributed by atoms with E-state index in [1.54, 1.807) is 4.90 Å². The number of carbonyl (C=O) groups excluding carboxylic acids is 2. The summed E-state index contributed by atoms with van der Waals surface area (Å²) in [6, 6.07) is 3.87. The van der Waals surface area contributed by atoms with Crippen LogP contribution in [0.15, 0.2) is 24.5 Å². The topological polar surface area (TPSA) is 95.0 Å². The van der Waals surface area contributed by atoms with Crippen molar-refractivity contribution in [2.24, 2.45) is 16.7 Å². The molecule has 4 aliphatic rings. The lowest BCUT2D eigenvalue weighted by Gasteiger charge is -2.54. The minimum absolute atomic E-state index is 0.0630. The molecule has 0 radical (unpaired) electrons. The van der Waals surface area contributed by atoms with Crippen LogP contribution in [-0.2, 0) is 4.79 Å². The van der Waals surface area contributed by atoms with Gasteiger partial charge in [0, 0.05) is 57.1 Å². The predicted molar refractivity (Wildman–Crippen MR) is 170 cm³/mol. The fourth-order valence-corrected chi connectivity index (χ4v) is 8.32. The molecule has 0 atom stereocenters. The van der Waals surface area contributed by atoms with Gasteiger partial charge in [0.15, 0.2) is 5.82 Å². The second kappa shape index (κ2) is 12.5. The van der Waals surface area contributed by atoms with E-state index >= 15 is 0 Å². The number of hydrogen-bond donors (Lipinski definition) is 0. The minimum atomic E-state index is -0.503. The third kappa shape index (κ3) is 6.50. The molecule has 11 heteroatoms. The monoisotopic (exact) mass is 621 g/mol. The number of likely N-dealkylation sites (tertiary alicyclic amines) is 2. The molecule has 4 heterocycles. The molecule has 2 amide bonds. The summed E-state index contributed by atoms with van der Waals surface area (Å²) >= 11 is 0. The number of rotatable bonds is 8. The first-order valence-corrected chi connectivity index (χ1v) is 16.7. The quantitative estimate of drug-likeness (QED) is 0.407. The van der Waals surface area contributed by atoms with Crippen LogP contribution in [-0.4, -0.2) is 100 Å². The Morgan fingerprint density at radius 1 is 1.04 bits per heavy atom. The molecule has 1 aromatic carbocycles. The van der Waals surface area contributed by atoms with Gasteiger partial charge in [-0.1, -0.05) is 0 Å². The average Bonchev–Trinajstić information content (AvgIpc) is 3.26. The van der Waals surface area contributed by atoms with Gasteiger partial charge in [-0.3, -0.25) is 9.59 Å². The second-order valence-corrected chi connectivity index (χ2v) is 14.8. The maximum Gasteiger partial charge on any atom is 0.282 e. The van der Waals surface area contributed by atoms with Gasteiger partial charge < -0.3 is 24.3 Å². The van der Waals surface area contributed by atoms with Gasteiger partial charge in [0.25, 0.3) is 11.8 Å². The highest BCUT2D eigenvalue weighted by Crippen LogP contribution is 2.47. The molecule has 2 aromatic rings. The number of benzene rings is 1. The highest BCUT2D eigenvalue weighted by molar-refractivity contribution is 5.97. The number of amides is 2. The van der Waals surface area contributed by atoms with Crippen molar-refractivity contribution >= 4 is 17.6 Å². The zero-order valence-electron chi connectivity index (χ0n) is 27.5. The van der Waals surface area contributed by atoms with E-state index in [9.17, 15) is 14.0 Å². The molecule has 0 unspecified atom stereocenters. The van der Waals surface area contributed by atoms with Gasteiger partial charge in [-0.15, -0.1) is 10.2 Å². The van der Waals surface area contributed by atoms with Crippen molar-refractivity contribution in [2.75, 3.05) is 51.2 Å². The fourth-order valence-electron chi connectivity index (χ4n) is 8.32. The number of ether oxygens (including phenoxy) is 1. The highest BCUT2D eigenvalue weighted by Gasteiger charge is 2.47. The van der Waals surface area contributed by atoms with E-state index < -0.39 is 5.82 Å². The first-order valence-electron chi connectivity index (χ1n) is 16.7. The molecule has 2 spiro atoms. The van der Waals surface area contributed by atoms with Crippen LogP contribution >= 0.6 is 0 Å². The Morgan fingerprint density at radius 2 is 1.73 bits per heavy atom. The van der Waals surface area contributed by atoms with E-state index in [0.717, 1.165) is 64.4 Å². The molecule has 3 saturated heterocycles. The summed E-state index contributed by atoms with van der Waals surface area (Å²) in [6.07, 6.45) is 9.27.